The molecule has 0 saturated carbocycles. The van der Waals surface area contributed by atoms with Crippen LogP contribution in [0.3, 0.4) is 0 Å². The van der Waals surface area contributed by atoms with E-state index >= 15 is 0 Å². The van der Waals surface area contributed by atoms with Gasteiger partial charge < -0.3 is 15.2 Å². The lowest BCUT2D eigenvalue weighted by atomic mass is 9.94. The van der Waals surface area contributed by atoms with Gasteiger partial charge in [0, 0.05) is 37.3 Å². The topological polar surface area (TPSA) is 58.6 Å². The van der Waals surface area contributed by atoms with Crippen molar-refractivity contribution in [3.63, 3.8) is 0 Å². The highest BCUT2D eigenvalue weighted by Gasteiger charge is 2.30. The molecular weight excluding hydrogens is 293 g/mol. The van der Waals surface area contributed by atoms with Gasteiger partial charge in [-0.25, -0.2) is 4.39 Å². The second-order valence-electron chi connectivity index (χ2n) is 5.31. The fraction of sp³-hybridized carbons (Fsp3) is 0.400. The number of hydrogen-bond acceptors (Lipinski definition) is 4. The van der Waals surface area contributed by atoms with Crippen LogP contribution < -0.4 is 5.32 Å². The van der Waals surface area contributed by atoms with Gasteiger partial charge in [-0.3, -0.25) is 4.79 Å². The molecule has 21 heavy (non-hydrogen) atoms. The Morgan fingerprint density at radius 1 is 1.38 bits per heavy atom. The maximum atomic E-state index is 13.1. The highest BCUT2D eigenvalue weighted by Crippen LogP contribution is 2.26. The van der Waals surface area contributed by atoms with Crippen LogP contribution in [0.25, 0.3) is 10.1 Å². The Bertz CT molecular complexity index is 664. The lowest BCUT2D eigenvalue weighted by molar-refractivity contribution is -0.0605. The number of rotatable bonds is 3. The van der Waals surface area contributed by atoms with Crippen molar-refractivity contribution >= 4 is 27.3 Å². The van der Waals surface area contributed by atoms with Crippen LogP contribution in [0.4, 0.5) is 4.39 Å². The van der Waals surface area contributed by atoms with Crippen LogP contribution in [0, 0.1) is 5.82 Å². The molecule has 1 fully saturated rings. The lowest BCUT2D eigenvalue weighted by Crippen LogP contribution is -2.46. The number of thiophene rings is 1. The predicted molar refractivity (Wildman–Crippen MR) is 79.1 cm³/mol. The average molecular weight is 309 g/mol. The molecule has 1 aromatic carbocycles. The van der Waals surface area contributed by atoms with Gasteiger partial charge in [0.2, 0.25) is 0 Å². The standard InChI is InChI=1S/C15H16FNO3S/c16-11-2-1-10-7-13(21-12(10)8-11)14(18)17-9-15(19)3-5-20-6-4-15/h1-2,7-8,19H,3-6,9H2,(H,17,18). The molecule has 1 aromatic heterocycles. The van der Waals surface area contributed by atoms with Crippen molar-refractivity contribution in [2.24, 2.45) is 0 Å². The summed E-state index contributed by atoms with van der Waals surface area (Å²) in [5, 5.41) is 13.9. The van der Waals surface area contributed by atoms with E-state index in [-0.39, 0.29) is 18.3 Å². The van der Waals surface area contributed by atoms with Crippen molar-refractivity contribution in [3.8, 4) is 0 Å². The molecule has 2 aromatic rings. The summed E-state index contributed by atoms with van der Waals surface area (Å²) in [6.07, 6.45) is 1.04. The third kappa shape index (κ3) is 3.23. The second kappa shape index (κ2) is 5.71. The third-order valence-electron chi connectivity index (χ3n) is 3.71. The minimum atomic E-state index is -0.892. The van der Waals surface area contributed by atoms with E-state index in [2.05, 4.69) is 5.32 Å². The Kier molecular flexibility index (Phi) is 3.93. The van der Waals surface area contributed by atoms with E-state index in [0.29, 0.717) is 30.9 Å². The van der Waals surface area contributed by atoms with Gasteiger partial charge in [0.25, 0.3) is 5.91 Å². The molecular formula is C15H16FNO3S. The maximum Gasteiger partial charge on any atom is 0.261 e. The summed E-state index contributed by atoms with van der Waals surface area (Å²) in [6, 6.07) is 6.19. The van der Waals surface area contributed by atoms with Gasteiger partial charge in [0.15, 0.2) is 0 Å². The first-order valence-corrected chi connectivity index (χ1v) is 7.65. The largest absolute Gasteiger partial charge is 0.388 e. The summed E-state index contributed by atoms with van der Waals surface area (Å²) in [5.74, 6) is -0.552. The van der Waals surface area contributed by atoms with Crippen molar-refractivity contribution in [3.05, 3.63) is 35.0 Å². The van der Waals surface area contributed by atoms with E-state index in [0.717, 1.165) is 10.1 Å². The van der Waals surface area contributed by atoms with E-state index in [1.54, 1.807) is 12.1 Å². The molecule has 1 amide bonds. The number of nitrogens with one attached hydrogen (secondary N) is 1. The highest BCUT2D eigenvalue weighted by atomic mass is 32.1. The van der Waals surface area contributed by atoms with Gasteiger partial charge in [0.1, 0.15) is 5.82 Å². The van der Waals surface area contributed by atoms with Gasteiger partial charge >= 0.3 is 0 Å². The number of halogens is 1. The number of fused-ring (bicyclic) bond motifs is 1. The first-order valence-electron chi connectivity index (χ1n) is 6.83. The van der Waals surface area contributed by atoms with E-state index in [1.807, 2.05) is 0 Å². The molecule has 2 heterocycles. The monoisotopic (exact) mass is 309 g/mol. The van der Waals surface area contributed by atoms with Crippen LogP contribution in [-0.2, 0) is 4.74 Å². The Morgan fingerprint density at radius 2 is 2.14 bits per heavy atom. The van der Waals surface area contributed by atoms with Crippen molar-refractivity contribution < 1.29 is 19.0 Å². The molecule has 4 nitrogen and oxygen atoms in total. The normalized spacial score (nSPS) is 17.8. The van der Waals surface area contributed by atoms with Gasteiger partial charge in [-0.05, 0) is 23.6 Å². The molecule has 3 rings (SSSR count). The quantitative estimate of drug-likeness (QED) is 0.915. The van der Waals surface area contributed by atoms with Crippen LogP contribution in [0.2, 0.25) is 0 Å². The first kappa shape index (κ1) is 14.4. The SMILES string of the molecule is O=C(NCC1(O)CCOCC1)c1cc2ccc(F)cc2s1. The molecule has 0 atom stereocenters. The molecule has 2 N–H and O–H groups in total. The van der Waals surface area contributed by atoms with E-state index in [9.17, 15) is 14.3 Å². The number of carbonyl (C=O) groups is 1. The third-order valence-corrected chi connectivity index (χ3v) is 4.80. The minimum absolute atomic E-state index is 0.206. The zero-order valence-electron chi connectivity index (χ0n) is 11.4. The van der Waals surface area contributed by atoms with Crippen molar-refractivity contribution in [2.45, 2.75) is 18.4 Å². The molecule has 1 aliphatic rings. The zero-order chi connectivity index (χ0) is 14.9. The zero-order valence-corrected chi connectivity index (χ0v) is 12.2. The van der Waals surface area contributed by atoms with Crippen molar-refractivity contribution in [1.29, 1.82) is 0 Å². The Hall–Kier alpha value is -1.50. The van der Waals surface area contributed by atoms with Gasteiger partial charge in [-0.15, -0.1) is 11.3 Å². The van der Waals surface area contributed by atoms with Crippen LogP contribution in [0.5, 0.6) is 0 Å². The number of benzene rings is 1. The summed E-state index contributed by atoms with van der Waals surface area (Å²) in [6.45, 7) is 1.22. The van der Waals surface area contributed by atoms with E-state index in [4.69, 9.17) is 4.74 Å². The van der Waals surface area contributed by atoms with Gasteiger partial charge in [0.05, 0.1) is 10.5 Å². The van der Waals surface area contributed by atoms with Crippen molar-refractivity contribution in [2.75, 3.05) is 19.8 Å². The summed E-state index contributed by atoms with van der Waals surface area (Å²) in [5.41, 5.74) is -0.892. The molecule has 0 unspecified atom stereocenters. The Balaban J connectivity index is 1.69. The molecule has 1 aliphatic heterocycles. The van der Waals surface area contributed by atoms with Crippen molar-refractivity contribution in [1.82, 2.24) is 5.32 Å². The molecule has 0 bridgehead atoms. The Morgan fingerprint density at radius 3 is 2.90 bits per heavy atom. The summed E-state index contributed by atoms with van der Waals surface area (Å²) in [4.78, 5) is 12.7. The maximum absolute atomic E-state index is 13.1. The van der Waals surface area contributed by atoms with Gasteiger partial charge in [-0.2, -0.15) is 0 Å². The van der Waals surface area contributed by atoms with Crippen LogP contribution in [-0.4, -0.2) is 36.4 Å². The molecule has 0 aliphatic carbocycles. The number of carbonyl (C=O) groups excluding carboxylic acids is 1. The number of amides is 1. The van der Waals surface area contributed by atoms with Crippen LogP contribution >= 0.6 is 11.3 Å². The van der Waals surface area contributed by atoms with E-state index in [1.165, 1.54) is 23.5 Å². The second-order valence-corrected chi connectivity index (χ2v) is 6.40. The van der Waals surface area contributed by atoms with Gasteiger partial charge in [-0.1, -0.05) is 6.07 Å². The molecule has 0 spiro atoms. The molecule has 0 radical (unpaired) electrons. The Labute approximate surface area is 125 Å². The van der Waals surface area contributed by atoms with Crippen LogP contribution in [0.1, 0.15) is 22.5 Å². The van der Waals surface area contributed by atoms with Crippen LogP contribution in [0.15, 0.2) is 24.3 Å². The number of aliphatic hydroxyl groups is 1. The first-order chi connectivity index (χ1) is 10.1. The molecule has 6 heteroatoms. The number of hydrogen-bond donors (Lipinski definition) is 2. The van der Waals surface area contributed by atoms with E-state index < -0.39 is 5.60 Å². The average Bonchev–Trinajstić information content (AvgIpc) is 2.88. The predicted octanol–water partition coefficient (Wildman–Crippen LogP) is 2.31. The number of ether oxygens (including phenoxy) is 1. The lowest BCUT2D eigenvalue weighted by Gasteiger charge is -2.31. The highest BCUT2D eigenvalue weighted by molar-refractivity contribution is 7.20. The summed E-state index contributed by atoms with van der Waals surface area (Å²) >= 11 is 1.25. The summed E-state index contributed by atoms with van der Waals surface area (Å²) in [7, 11) is 0. The smallest absolute Gasteiger partial charge is 0.261 e. The fourth-order valence-corrected chi connectivity index (χ4v) is 3.38. The fourth-order valence-electron chi connectivity index (χ4n) is 2.38. The summed E-state index contributed by atoms with van der Waals surface area (Å²) < 4.78 is 19.1. The minimum Gasteiger partial charge on any atom is -0.388 e. The molecule has 1 saturated heterocycles. The molecule has 112 valence electrons.